The number of hydrogen-bond acceptors (Lipinski definition) is 5. The molecule has 3 unspecified atom stereocenters. The van der Waals surface area contributed by atoms with Crippen molar-refractivity contribution in [3.05, 3.63) is 0 Å². The van der Waals surface area contributed by atoms with E-state index in [1.807, 2.05) is 0 Å². The first-order valence-corrected chi connectivity index (χ1v) is 5.46. The highest BCUT2D eigenvalue weighted by Crippen LogP contribution is 2.12. The van der Waals surface area contributed by atoms with Crippen molar-refractivity contribution in [1.82, 2.24) is 4.90 Å². The third kappa shape index (κ3) is 3.95. The Hall–Kier alpha value is -1.18. The average Bonchev–Trinajstić information content (AvgIpc) is 2.26. The lowest BCUT2D eigenvalue weighted by atomic mass is 10.1. The number of carboxylic acid groups (broad SMARTS) is 1. The van der Waals surface area contributed by atoms with Crippen molar-refractivity contribution in [3.63, 3.8) is 0 Å². The molecule has 0 aromatic heterocycles. The average molecular weight is 246 g/mol. The third-order valence-corrected chi connectivity index (χ3v) is 2.55. The van der Waals surface area contributed by atoms with Gasteiger partial charge >= 0.3 is 5.97 Å². The molecule has 0 spiro atoms. The Morgan fingerprint density at radius 3 is 2.71 bits per heavy atom. The first-order valence-electron chi connectivity index (χ1n) is 5.46. The number of aliphatic carboxylic acids is 1. The van der Waals surface area contributed by atoms with Gasteiger partial charge in [-0.15, -0.1) is 0 Å². The van der Waals surface area contributed by atoms with Gasteiger partial charge in [-0.25, -0.2) is 0 Å². The van der Waals surface area contributed by atoms with Gasteiger partial charge in [0, 0.05) is 13.1 Å². The number of amides is 1. The molecule has 7 heteroatoms. The van der Waals surface area contributed by atoms with Crippen LogP contribution in [-0.2, 0) is 14.3 Å². The molecule has 1 amide bonds. The van der Waals surface area contributed by atoms with Crippen LogP contribution in [0.2, 0.25) is 0 Å². The summed E-state index contributed by atoms with van der Waals surface area (Å²) < 4.78 is 5.38. The van der Waals surface area contributed by atoms with Gasteiger partial charge in [0.15, 0.2) is 0 Å². The summed E-state index contributed by atoms with van der Waals surface area (Å²) in [6, 6.07) is -1.04. The molecule has 1 fully saturated rings. The predicted molar refractivity (Wildman–Crippen MR) is 58.2 cm³/mol. The summed E-state index contributed by atoms with van der Waals surface area (Å²) in [5.74, 6) is -1.52. The molecular weight excluding hydrogens is 228 g/mol. The molecule has 0 aliphatic carbocycles. The highest BCUT2D eigenvalue weighted by atomic mass is 16.5. The summed E-state index contributed by atoms with van der Waals surface area (Å²) in [6.45, 7) is 2.21. The lowest BCUT2D eigenvalue weighted by Crippen LogP contribution is -2.54. The summed E-state index contributed by atoms with van der Waals surface area (Å²) in [4.78, 5) is 23.8. The fourth-order valence-corrected chi connectivity index (χ4v) is 1.84. The van der Waals surface area contributed by atoms with Crippen LogP contribution in [0.5, 0.6) is 0 Å². The van der Waals surface area contributed by atoms with Gasteiger partial charge in [-0.05, 0) is 6.92 Å². The molecule has 0 saturated carbocycles. The lowest BCUT2D eigenvalue weighted by molar-refractivity contribution is -0.151. The van der Waals surface area contributed by atoms with E-state index in [2.05, 4.69) is 0 Å². The predicted octanol–water partition coefficient (Wildman–Crippen LogP) is -1.60. The number of carbonyl (C=O) groups excluding carboxylic acids is 1. The second-order valence-corrected chi connectivity index (χ2v) is 4.20. The summed E-state index contributed by atoms with van der Waals surface area (Å²) in [7, 11) is 0. The molecule has 4 N–H and O–H groups in total. The maximum Gasteiger partial charge on any atom is 0.305 e. The Balaban J connectivity index is 2.58. The molecule has 1 heterocycles. The summed E-state index contributed by atoms with van der Waals surface area (Å²) in [5.41, 5.74) is 5.51. The number of nitrogens with two attached hydrogens (primary N) is 1. The van der Waals surface area contributed by atoms with Crippen LogP contribution in [0.4, 0.5) is 0 Å². The van der Waals surface area contributed by atoms with Gasteiger partial charge in [0.1, 0.15) is 0 Å². The van der Waals surface area contributed by atoms with E-state index in [1.165, 1.54) is 4.90 Å². The standard InChI is InChI=1S/C10H18N2O5/c1-6-3-12(4-7(5-13)17-6)10(16)8(11)2-9(14)15/h6-8,13H,2-5,11H2,1H3,(H,14,15). The first kappa shape index (κ1) is 13.9. The van der Waals surface area contributed by atoms with Crippen molar-refractivity contribution in [2.24, 2.45) is 5.73 Å². The van der Waals surface area contributed by atoms with Crippen molar-refractivity contribution < 1.29 is 24.5 Å². The zero-order chi connectivity index (χ0) is 13.0. The largest absolute Gasteiger partial charge is 0.481 e. The molecule has 1 rings (SSSR count). The number of hydrogen-bond donors (Lipinski definition) is 3. The molecule has 0 aromatic rings. The van der Waals surface area contributed by atoms with Gasteiger partial charge in [0.05, 0.1) is 31.3 Å². The lowest BCUT2D eigenvalue weighted by Gasteiger charge is -2.37. The normalized spacial score (nSPS) is 26.6. The van der Waals surface area contributed by atoms with Crippen LogP contribution in [0, 0.1) is 0 Å². The summed E-state index contributed by atoms with van der Waals surface area (Å²) in [5, 5.41) is 17.6. The van der Waals surface area contributed by atoms with E-state index >= 15 is 0 Å². The maximum absolute atomic E-state index is 11.8. The molecular formula is C10H18N2O5. The van der Waals surface area contributed by atoms with Gasteiger partial charge in [-0.3, -0.25) is 9.59 Å². The van der Waals surface area contributed by atoms with E-state index in [-0.39, 0.29) is 19.3 Å². The van der Waals surface area contributed by atoms with Gasteiger partial charge in [0.2, 0.25) is 5.91 Å². The van der Waals surface area contributed by atoms with Crippen LogP contribution in [0.15, 0.2) is 0 Å². The van der Waals surface area contributed by atoms with E-state index in [9.17, 15) is 9.59 Å². The monoisotopic (exact) mass is 246 g/mol. The van der Waals surface area contributed by atoms with E-state index in [0.717, 1.165) is 0 Å². The molecule has 0 aromatic carbocycles. The van der Waals surface area contributed by atoms with Crippen molar-refractivity contribution in [3.8, 4) is 0 Å². The topological polar surface area (TPSA) is 113 Å². The smallest absolute Gasteiger partial charge is 0.305 e. The quantitative estimate of drug-likeness (QED) is 0.550. The zero-order valence-electron chi connectivity index (χ0n) is 9.70. The van der Waals surface area contributed by atoms with Crippen LogP contribution in [0.1, 0.15) is 13.3 Å². The molecule has 98 valence electrons. The Bertz CT molecular complexity index is 296. The molecule has 0 bridgehead atoms. The number of nitrogens with zero attached hydrogens (tertiary/aromatic N) is 1. The Kier molecular flexibility index (Phi) is 4.86. The molecule has 1 saturated heterocycles. The third-order valence-electron chi connectivity index (χ3n) is 2.55. The summed E-state index contributed by atoms with van der Waals surface area (Å²) >= 11 is 0. The molecule has 3 atom stereocenters. The second-order valence-electron chi connectivity index (χ2n) is 4.20. The highest BCUT2D eigenvalue weighted by molar-refractivity contribution is 5.86. The van der Waals surface area contributed by atoms with Crippen molar-refractivity contribution in [1.29, 1.82) is 0 Å². The second kappa shape index (κ2) is 5.95. The number of carboxylic acids is 1. The van der Waals surface area contributed by atoms with Crippen LogP contribution < -0.4 is 5.73 Å². The Morgan fingerprint density at radius 1 is 1.53 bits per heavy atom. The molecule has 1 aliphatic heterocycles. The number of ether oxygens (including phenoxy) is 1. The van der Waals surface area contributed by atoms with E-state index in [0.29, 0.717) is 6.54 Å². The van der Waals surface area contributed by atoms with Crippen LogP contribution in [0.3, 0.4) is 0 Å². The van der Waals surface area contributed by atoms with Gasteiger partial charge in [0.25, 0.3) is 0 Å². The summed E-state index contributed by atoms with van der Waals surface area (Å²) in [6.07, 6.45) is -1.02. The number of rotatable bonds is 4. The minimum Gasteiger partial charge on any atom is -0.481 e. The first-order chi connectivity index (χ1) is 7.93. The van der Waals surface area contributed by atoms with Crippen LogP contribution in [-0.4, -0.2) is 64.9 Å². The van der Waals surface area contributed by atoms with E-state index in [1.54, 1.807) is 6.92 Å². The number of carbonyl (C=O) groups is 2. The van der Waals surface area contributed by atoms with Gasteiger partial charge in [-0.2, -0.15) is 0 Å². The number of aliphatic hydroxyl groups is 1. The minimum absolute atomic E-state index is 0.178. The molecule has 0 radical (unpaired) electrons. The number of aliphatic hydroxyl groups excluding tert-OH is 1. The molecule has 17 heavy (non-hydrogen) atoms. The van der Waals surface area contributed by atoms with E-state index in [4.69, 9.17) is 20.7 Å². The van der Waals surface area contributed by atoms with E-state index < -0.39 is 30.4 Å². The van der Waals surface area contributed by atoms with Gasteiger partial charge < -0.3 is 25.6 Å². The highest BCUT2D eigenvalue weighted by Gasteiger charge is 2.31. The van der Waals surface area contributed by atoms with Crippen LogP contribution in [0.25, 0.3) is 0 Å². The number of morpholine rings is 1. The molecule has 1 aliphatic rings. The SMILES string of the molecule is CC1CN(C(=O)C(N)CC(=O)O)CC(CO)O1. The van der Waals surface area contributed by atoms with Crippen molar-refractivity contribution in [2.45, 2.75) is 31.6 Å². The van der Waals surface area contributed by atoms with Crippen molar-refractivity contribution in [2.75, 3.05) is 19.7 Å². The maximum atomic E-state index is 11.8. The molecule has 7 nitrogen and oxygen atoms in total. The van der Waals surface area contributed by atoms with Crippen molar-refractivity contribution >= 4 is 11.9 Å². The Morgan fingerprint density at radius 2 is 2.18 bits per heavy atom. The van der Waals surface area contributed by atoms with Gasteiger partial charge in [-0.1, -0.05) is 0 Å². The fraction of sp³-hybridized carbons (Fsp3) is 0.800. The zero-order valence-corrected chi connectivity index (χ0v) is 9.70. The Labute approximate surface area is 99.1 Å². The van der Waals surface area contributed by atoms with Crippen LogP contribution >= 0.6 is 0 Å². The fourth-order valence-electron chi connectivity index (χ4n) is 1.84. The minimum atomic E-state index is -1.11.